The summed E-state index contributed by atoms with van der Waals surface area (Å²) in [6, 6.07) is 119. The van der Waals surface area contributed by atoms with Crippen LogP contribution in [-0.2, 0) is 0 Å². The van der Waals surface area contributed by atoms with Crippen molar-refractivity contribution >= 4 is 133 Å². The number of para-hydroxylation sites is 1. The van der Waals surface area contributed by atoms with Gasteiger partial charge in [0.2, 0.25) is 0 Å². The molecule has 0 spiro atoms. The van der Waals surface area contributed by atoms with E-state index in [9.17, 15) is 0 Å². The van der Waals surface area contributed by atoms with E-state index in [4.69, 9.17) is 9.97 Å². The van der Waals surface area contributed by atoms with Crippen LogP contribution in [0.4, 0.5) is 34.1 Å². The summed E-state index contributed by atoms with van der Waals surface area (Å²) in [7, 11) is 0. The lowest BCUT2D eigenvalue weighted by Crippen LogP contribution is -2.61. The van der Waals surface area contributed by atoms with Crippen LogP contribution in [0, 0.1) is 0 Å². The van der Waals surface area contributed by atoms with Gasteiger partial charge in [-0.25, -0.2) is 9.97 Å². The SMILES string of the molecule is c1ccc(-c2ccc(N3c4cc(-c5nc(-c6cc(-c7ccccc7)cc(-c7ccccc7)c6)nc6ccccc56)cc5c4B(c4c3cc3ccc6cccc7ccc4c3c67)c3c(cc4ccc6cccc7ccc3c4c67)N5c3ccc(-c4ccccc4)cc3)cc2)cc1. The van der Waals surface area contributed by atoms with E-state index < -0.39 is 0 Å². The molecule has 0 amide bonds. The zero-order valence-electron chi connectivity index (χ0n) is 50.5. The molecule has 0 bridgehead atoms. The summed E-state index contributed by atoms with van der Waals surface area (Å²) in [6.07, 6.45) is 0. The van der Waals surface area contributed by atoms with Gasteiger partial charge < -0.3 is 9.80 Å². The monoisotopic (exact) mass is 1180 g/mol. The molecule has 0 saturated carbocycles. The fraction of sp³-hybridized carbons (Fsp3) is 0. The molecule has 0 saturated heterocycles. The van der Waals surface area contributed by atoms with E-state index >= 15 is 0 Å². The first kappa shape index (κ1) is 51.7. The molecule has 2 aliphatic rings. The Morgan fingerprint density at radius 1 is 0.226 bits per heavy atom. The van der Waals surface area contributed by atoms with Crippen molar-refractivity contribution in [2.75, 3.05) is 9.80 Å². The fourth-order valence-corrected chi connectivity index (χ4v) is 15.9. The van der Waals surface area contributed by atoms with Crippen LogP contribution < -0.4 is 26.2 Å². The highest BCUT2D eigenvalue weighted by Gasteiger charge is 2.46. The topological polar surface area (TPSA) is 32.3 Å². The lowest BCUT2D eigenvalue weighted by molar-refractivity contribution is 1.22. The lowest BCUT2D eigenvalue weighted by Gasteiger charge is -2.45. The van der Waals surface area contributed by atoms with Gasteiger partial charge >= 0.3 is 0 Å². The number of hydrogen-bond acceptors (Lipinski definition) is 4. The van der Waals surface area contributed by atoms with Gasteiger partial charge in [-0.1, -0.05) is 249 Å². The maximum absolute atomic E-state index is 5.89. The van der Waals surface area contributed by atoms with Gasteiger partial charge in [-0.05, 0) is 198 Å². The maximum atomic E-state index is 5.89. The van der Waals surface area contributed by atoms with Crippen molar-refractivity contribution in [3.8, 4) is 67.2 Å². The quantitative estimate of drug-likeness (QED) is 0.112. The number of fused-ring (bicyclic) bond motifs is 7. The molecule has 0 N–H and O–H groups in total. The summed E-state index contributed by atoms with van der Waals surface area (Å²) in [6.45, 7) is -0.224. The van der Waals surface area contributed by atoms with Gasteiger partial charge in [0.05, 0.1) is 11.2 Å². The minimum absolute atomic E-state index is 0.224. The number of rotatable bonds is 8. The second-order valence-electron chi connectivity index (χ2n) is 25.1. The normalized spacial score (nSPS) is 12.7. The molecule has 3 heterocycles. The Kier molecular flexibility index (Phi) is 11.2. The van der Waals surface area contributed by atoms with Crippen molar-refractivity contribution in [2.45, 2.75) is 0 Å². The number of nitrogens with zero attached hydrogens (tertiary/aromatic N) is 4. The van der Waals surface area contributed by atoms with E-state index in [1.54, 1.807) is 0 Å². The Balaban J connectivity index is 0.928. The first-order valence-corrected chi connectivity index (χ1v) is 32.1. The average molecular weight is 1180 g/mol. The van der Waals surface area contributed by atoms with Crippen molar-refractivity contribution in [3.63, 3.8) is 0 Å². The number of benzene rings is 17. The second-order valence-corrected chi connectivity index (χ2v) is 25.1. The van der Waals surface area contributed by atoms with Crippen LogP contribution in [0.2, 0.25) is 0 Å². The van der Waals surface area contributed by atoms with Crippen LogP contribution >= 0.6 is 0 Å². The highest BCUT2D eigenvalue weighted by molar-refractivity contribution is 7.03. The minimum Gasteiger partial charge on any atom is -0.311 e. The number of hydrogen-bond donors (Lipinski definition) is 0. The van der Waals surface area contributed by atoms with Crippen LogP contribution in [0.3, 0.4) is 0 Å². The van der Waals surface area contributed by atoms with E-state index in [0.29, 0.717) is 5.82 Å². The average Bonchev–Trinajstić information content (AvgIpc) is 0.677. The molecule has 93 heavy (non-hydrogen) atoms. The standard InChI is InChI=1S/C88H53BN4/c1-5-17-54(18-6-1)58-35-41-70(42-36-58)92-76-50-64-33-31-60-25-15-27-62-39-45-73(82(64)80(60)62)84(76)89-85-74-46-40-63-28-16-26-61-32-34-65(83(74)81(61)63)51-77(85)93(71-43-37-59(38-44-71)55-19-7-2-8-20-55)79-53-68(52-78(92)86(79)89)87-72-29-13-14-30-75(72)90-88(91-87)69-48-66(56-21-9-3-10-22-56)47-67(49-69)57-23-11-4-12-24-57/h1-53H. The van der Waals surface area contributed by atoms with Crippen molar-refractivity contribution in [2.24, 2.45) is 0 Å². The predicted octanol–water partition coefficient (Wildman–Crippen LogP) is 21.5. The Morgan fingerprint density at radius 3 is 1.06 bits per heavy atom. The molecule has 0 radical (unpaired) electrons. The van der Waals surface area contributed by atoms with E-state index in [1.807, 2.05) is 0 Å². The summed E-state index contributed by atoms with van der Waals surface area (Å²) < 4.78 is 0. The van der Waals surface area contributed by atoms with E-state index in [0.717, 1.165) is 95.2 Å². The van der Waals surface area contributed by atoms with Gasteiger partial charge in [-0.2, -0.15) is 0 Å². The lowest BCUT2D eigenvalue weighted by atomic mass is 9.32. The fourth-order valence-electron chi connectivity index (χ4n) is 15.9. The third kappa shape index (κ3) is 7.94. The zero-order chi connectivity index (χ0) is 60.8. The molecular weight excluding hydrogens is 1120 g/mol. The van der Waals surface area contributed by atoms with Gasteiger partial charge in [-0.15, -0.1) is 0 Å². The second kappa shape index (κ2) is 20.2. The highest BCUT2D eigenvalue weighted by atomic mass is 15.2. The molecule has 2 aliphatic heterocycles. The van der Waals surface area contributed by atoms with Gasteiger partial charge in [0.1, 0.15) is 0 Å². The van der Waals surface area contributed by atoms with Crippen LogP contribution in [0.1, 0.15) is 0 Å². The Labute approximate surface area is 538 Å². The van der Waals surface area contributed by atoms with Crippen molar-refractivity contribution < 1.29 is 0 Å². The van der Waals surface area contributed by atoms with Crippen molar-refractivity contribution in [1.82, 2.24) is 9.97 Å². The van der Waals surface area contributed by atoms with Crippen LogP contribution in [0.15, 0.2) is 322 Å². The summed E-state index contributed by atoms with van der Waals surface area (Å²) in [5, 5.41) is 16.1. The molecule has 1 aromatic heterocycles. The minimum atomic E-state index is -0.224. The van der Waals surface area contributed by atoms with Crippen LogP contribution in [-0.4, -0.2) is 16.7 Å². The summed E-state index contributed by atoms with van der Waals surface area (Å²) in [5.74, 6) is 0.660. The Hall–Kier alpha value is -12.2. The highest BCUT2D eigenvalue weighted by Crippen LogP contribution is 2.51. The molecule has 17 aromatic carbocycles. The van der Waals surface area contributed by atoms with Crippen LogP contribution in [0.5, 0.6) is 0 Å². The van der Waals surface area contributed by atoms with Crippen LogP contribution in [0.25, 0.3) is 143 Å². The Morgan fingerprint density at radius 2 is 0.602 bits per heavy atom. The molecule has 0 fully saturated rings. The van der Waals surface area contributed by atoms with Gasteiger partial charge in [0.15, 0.2) is 5.82 Å². The molecule has 0 atom stereocenters. The third-order valence-electron chi connectivity index (χ3n) is 20.0. The molecular formula is C88H53BN4. The molecule has 0 unspecified atom stereocenters. The Bertz CT molecular complexity index is 5680. The maximum Gasteiger partial charge on any atom is 0.253 e. The largest absolute Gasteiger partial charge is 0.311 e. The zero-order valence-corrected chi connectivity index (χ0v) is 50.5. The molecule has 0 aliphatic carbocycles. The summed E-state index contributed by atoms with van der Waals surface area (Å²) >= 11 is 0. The van der Waals surface area contributed by atoms with Gasteiger partial charge in [0.25, 0.3) is 6.71 Å². The smallest absolute Gasteiger partial charge is 0.253 e. The first-order chi connectivity index (χ1) is 46.1. The van der Waals surface area contributed by atoms with Gasteiger partial charge in [-0.3, -0.25) is 0 Å². The first-order valence-electron chi connectivity index (χ1n) is 32.1. The molecule has 5 heteroatoms. The summed E-state index contributed by atoms with van der Waals surface area (Å²) in [4.78, 5) is 16.6. The molecule has 428 valence electrons. The predicted molar refractivity (Wildman–Crippen MR) is 394 cm³/mol. The van der Waals surface area contributed by atoms with Crippen molar-refractivity contribution in [3.05, 3.63) is 322 Å². The molecule has 18 aromatic rings. The van der Waals surface area contributed by atoms with E-state index in [-0.39, 0.29) is 6.71 Å². The van der Waals surface area contributed by atoms with Crippen molar-refractivity contribution in [1.29, 1.82) is 0 Å². The van der Waals surface area contributed by atoms with E-state index in [2.05, 4.69) is 331 Å². The number of anilines is 6. The van der Waals surface area contributed by atoms with Gasteiger partial charge in [0, 0.05) is 50.6 Å². The number of aromatic nitrogens is 2. The summed E-state index contributed by atoms with van der Waals surface area (Å²) in [5.41, 5.74) is 23.3. The molecule has 4 nitrogen and oxygen atoms in total. The molecule has 20 rings (SSSR count). The third-order valence-corrected chi connectivity index (χ3v) is 20.0. The van der Waals surface area contributed by atoms with E-state index in [1.165, 1.54) is 92.2 Å².